The smallest absolute Gasteiger partial charge is 0.327 e. The summed E-state index contributed by atoms with van der Waals surface area (Å²) < 4.78 is 56.2. The summed E-state index contributed by atoms with van der Waals surface area (Å²) >= 11 is 0. The van der Waals surface area contributed by atoms with Crippen molar-refractivity contribution in [2.45, 2.75) is 24.1 Å². The lowest BCUT2D eigenvalue weighted by molar-refractivity contribution is -0.144. The van der Waals surface area contributed by atoms with Gasteiger partial charge in [-0.3, -0.25) is 4.79 Å². The lowest BCUT2D eigenvalue weighted by atomic mass is 10.0. The van der Waals surface area contributed by atoms with E-state index < -0.39 is 33.7 Å². The van der Waals surface area contributed by atoms with E-state index in [0.29, 0.717) is 0 Å². The second-order valence-electron chi connectivity index (χ2n) is 5.09. The van der Waals surface area contributed by atoms with Crippen LogP contribution < -0.4 is 4.72 Å². The summed E-state index contributed by atoms with van der Waals surface area (Å²) in [6, 6.07) is 4.83. The number of aliphatic carboxylic acids is 1. The van der Waals surface area contributed by atoms with Crippen molar-refractivity contribution < 1.29 is 31.8 Å². The summed E-state index contributed by atoms with van der Waals surface area (Å²) in [5, 5.41) is 9.20. The van der Waals surface area contributed by atoms with Crippen molar-refractivity contribution in [2.24, 2.45) is 0 Å². The van der Waals surface area contributed by atoms with Gasteiger partial charge in [0, 0.05) is 18.6 Å². The Labute approximate surface area is 126 Å². The molecule has 1 fully saturated rings. The van der Waals surface area contributed by atoms with Crippen LogP contribution >= 0.6 is 0 Å². The molecule has 2 N–H and O–H groups in total. The molecule has 0 spiro atoms. The molecule has 0 saturated carbocycles. The van der Waals surface area contributed by atoms with E-state index in [2.05, 4.69) is 4.72 Å². The minimum atomic E-state index is -3.95. The number of carbonyl (C=O) groups is 1. The third-order valence-corrected chi connectivity index (χ3v) is 4.79. The van der Waals surface area contributed by atoms with Crippen LogP contribution in [0, 0.1) is 0 Å². The average Bonchev–Trinajstić information content (AvgIpc) is 2.87. The topological polar surface area (TPSA) is 92.7 Å². The number of carboxylic acid groups (broad SMARTS) is 1. The zero-order chi connectivity index (χ0) is 16.4. The maximum Gasteiger partial charge on any atom is 0.327 e. The van der Waals surface area contributed by atoms with Crippen LogP contribution in [0.5, 0.6) is 0 Å². The van der Waals surface area contributed by atoms with Gasteiger partial charge < -0.3 is 9.84 Å². The fraction of sp³-hybridized carbons (Fsp3) is 0.462. The van der Waals surface area contributed by atoms with Crippen molar-refractivity contribution >= 4 is 16.0 Å². The van der Waals surface area contributed by atoms with E-state index in [9.17, 15) is 27.1 Å². The van der Waals surface area contributed by atoms with E-state index in [4.69, 9.17) is 4.74 Å². The molecule has 1 aliphatic heterocycles. The van der Waals surface area contributed by atoms with Crippen LogP contribution in [0.4, 0.5) is 8.78 Å². The summed E-state index contributed by atoms with van der Waals surface area (Å²) in [6.45, 7) is -0.0935. The Morgan fingerprint density at radius 2 is 2.00 bits per heavy atom. The van der Waals surface area contributed by atoms with Gasteiger partial charge in [-0.15, -0.1) is 0 Å². The molecule has 1 atom stereocenters. The number of hydrogen-bond acceptors (Lipinski definition) is 4. The minimum absolute atomic E-state index is 0.0336. The number of sulfonamides is 1. The van der Waals surface area contributed by atoms with Crippen LogP contribution in [-0.2, 0) is 25.3 Å². The van der Waals surface area contributed by atoms with Crippen molar-refractivity contribution in [3.05, 3.63) is 35.4 Å². The number of rotatable bonds is 6. The molecule has 1 unspecified atom stereocenters. The molecule has 1 heterocycles. The Balaban J connectivity index is 2.12. The van der Waals surface area contributed by atoms with E-state index >= 15 is 0 Å². The largest absolute Gasteiger partial charge is 0.480 e. The number of benzene rings is 1. The van der Waals surface area contributed by atoms with Gasteiger partial charge in [-0.1, -0.05) is 24.3 Å². The van der Waals surface area contributed by atoms with Crippen molar-refractivity contribution in [1.29, 1.82) is 0 Å². The van der Waals surface area contributed by atoms with E-state index in [1.807, 2.05) is 0 Å². The summed E-state index contributed by atoms with van der Waals surface area (Å²) in [7, 11) is -3.95. The number of halogens is 2. The van der Waals surface area contributed by atoms with Crippen LogP contribution in [-0.4, -0.2) is 38.2 Å². The van der Waals surface area contributed by atoms with Gasteiger partial charge in [0.05, 0.1) is 12.4 Å². The predicted molar refractivity (Wildman–Crippen MR) is 73.0 cm³/mol. The van der Waals surface area contributed by atoms with Crippen LogP contribution in [0.25, 0.3) is 0 Å². The molecule has 1 aromatic rings. The Morgan fingerprint density at radius 1 is 1.36 bits per heavy atom. The van der Waals surface area contributed by atoms with Gasteiger partial charge in [-0.05, 0) is 5.56 Å². The van der Waals surface area contributed by atoms with E-state index in [-0.39, 0.29) is 30.8 Å². The summed E-state index contributed by atoms with van der Waals surface area (Å²) in [5.74, 6) is -1.80. The molecule has 22 heavy (non-hydrogen) atoms. The molecule has 0 bridgehead atoms. The lowest BCUT2D eigenvalue weighted by Crippen LogP contribution is -2.55. The molecule has 0 amide bonds. The predicted octanol–water partition coefficient (Wildman–Crippen LogP) is 1.29. The van der Waals surface area contributed by atoms with Crippen LogP contribution in [0.3, 0.4) is 0 Å². The molecule has 0 aromatic heterocycles. The molecule has 1 saturated heterocycles. The van der Waals surface area contributed by atoms with Crippen LogP contribution in [0.2, 0.25) is 0 Å². The molecule has 6 nitrogen and oxygen atoms in total. The fourth-order valence-electron chi connectivity index (χ4n) is 2.17. The number of nitrogens with one attached hydrogen (secondary N) is 1. The molecule has 1 aromatic carbocycles. The highest BCUT2D eigenvalue weighted by Crippen LogP contribution is 2.22. The third-order valence-electron chi connectivity index (χ3n) is 3.37. The Hall–Kier alpha value is -1.58. The molecule has 122 valence electrons. The van der Waals surface area contributed by atoms with Gasteiger partial charge in [-0.2, -0.15) is 4.72 Å². The van der Waals surface area contributed by atoms with Gasteiger partial charge in [0.15, 0.2) is 5.54 Å². The Bertz CT molecular complexity index is 639. The number of alkyl halides is 2. The maximum absolute atomic E-state index is 12.4. The second-order valence-corrected chi connectivity index (χ2v) is 6.82. The van der Waals surface area contributed by atoms with Crippen molar-refractivity contribution in [2.75, 3.05) is 13.2 Å². The second kappa shape index (κ2) is 6.27. The zero-order valence-electron chi connectivity index (χ0n) is 11.5. The van der Waals surface area contributed by atoms with Crippen molar-refractivity contribution in [3.63, 3.8) is 0 Å². The van der Waals surface area contributed by atoms with Gasteiger partial charge >= 0.3 is 5.97 Å². The van der Waals surface area contributed by atoms with Crippen LogP contribution in [0.1, 0.15) is 24.0 Å². The maximum atomic E-state index is 12.4. The SMILES string of the molecule is O=C(O)C1(NS(=O)(=O)Cc2ccc(C(F)F)cc2)CCOC1. The first-order chi connectivity index (χ1) is 10.2. The van der Waals surface area contributed by atoms with E-state index in [1.54, 1.807) is 0 Å². The van der Waals surface area contributed by atoms with E-state index in [1.165, 1.54) is 12.1 Å². The molecule has 2 rings (SSSR count). The highest BCUT2D eigenvalue weighted by molar-refractivity contribution is 7.88. The fourth-order valence-corrected chi connectivity index (χ4v) is 3.72. The Morgan fingerprint density at radius 3 is 2.45 bits per heavy atom. The zero-order valence-corrected chi connectivity index (χ0v) is 12.3. The summed E-state index contributed by atoms with van der Waals surface area (Å²) in [5.41, 5.74) is -1.58. The van der Waals surface area contributed by atoms with Gasteiger partial charge in [0.1, 0.15) is 0 Å². The number of hydrogen-bond donors (Lipinski definition) is 2. The molecule has 0 aliphatic carbocycles. The third kappa shape index (κ3) is 3.79. The first kappa shape index (κ1) is 16.8. The number of carboxylic acids is 1. The first-order valence-corrected chi connectivity index (χ1v) is 8.09. The standard InChI is InChI=1S/C13H15F2NO5S/c14-11(15)10-3-1-9(2-4-10)7-22(19,20)16-13(12(17)18)5-6-21-8-13/h1-4,11,16H,5-8H2,(H,17,18). The molecular formula is C13H15F2NO5S. The molecular weight excluding hydrogens is 320 g/mol. The number of ether oxygens (including phenoxy) is 1. The van der Waals surface area contributed by atoms with E-state index in [0.717, 1.165) is 12.1 Å². The van der Waals surface area contributed by atoms with Gasteiger partial charge in [-0.25, -0.2) is 17.2 Å². The molecule has 9 heteroatoms. The first-order valence-electron chi connectivity index (χ1n) is 6.44. The molecule has 0 radical (unpaired) electrons. The molecule has 1 aliphatic rings. The van der Waals surface area contributed by atoms with Crippen molar-refractivity contribution in [1.82, 2.24) is 4.72 Å². The highest BCUT2D eigenvalue weighted by atomic mass is 32.2. The average molecular weight is 335 g/mol. The lowest BCUT2D eigenvalue weighted by Gasteiger charge is -2.23. The van der Waals surface area contributed by atoms with Gasteiger partial charge in [0.2, 0.25) is 10.0 Å². The van der Waals surface area contributed by atoms with Gasteiger partial charge in [0.25, 0.3) is 6.43 Å². The minimum Gasteiger partial charge on any atom is -0.480 e. The quantitative estimate of drug-likeness (QED) is 0.817. The van der Waals surface area contributed by atoms with Crippen molar-refractivity contribution in [3.8, 4) is 0 Å². The summed E-state index contributed by atoms with van der Waals surface area (Å²) in [6.07, 6.45) is -2.60. The monoisotopic (exact) mass is 335 g/mol. The summed E-state index contributed by atoms with van der Waals surface area (Å²) in [4.78, 5) is 11.3. The Kier molecular flexibility index (Phi) is 4.78. The normalized spacial score (nSPS) is 22.1. The highest BCUT2D eigenvalue weighted by Gasteiger charge is 2.45. The van der Waals surface area contributed by atoms with Crippen LogP contribution in [0.15, 0.2) is 24.3 Å².